The van der Waals surface area contributed by atoms with Crippen LogP contribution in [0.15, 0.2) is 43.1 Å². The predicted molar refractivity (Wildman–Crippen MR) is 224 cm³/mol. The van der Waals surface area contributed by atoms with Crippen molar-refractivity contribution in [2.75, 3.05) is 25.0 Å². The van der Waals surface area contributed by atoms with Gasteiger partial charge in [0.05, 0.1) is 5.41 Å². The van der Waals surface area contributed by atoms with Gasteiger partial charge in [0.2, 0.25) is 0 Å². The molecule has 272 valence electrons. The molecule has 1 unspecified atom stereocenters. The van der Waals surface area contributed by atoms with Crippen molar-refractivity contribution < 1.29 is 0 Å². The maximum atomic E-state index is 4.88. The van der Waals surface area contributed by atoms with Crippen LogP contribution in [0.4, 0.5) is 5.69 Å². The highest BCUT2D eigenvalue weighted by molar-refractivity contribution is 5.87. The summed E-state index contributed by atoms with van der Waals surface area (Å²) in [4.78, 5) is 2.69. The largest absolute Gasteiger partial charge is 0.392 e. The molecule has 0 aromatic heterocycles. The Bertz CT molecular complexity index is 1930. The average molecular weight is 683 g/mol. The Morgan fingerprint density at radius 3 is 2.31 bits per heavy atom. The molecular weight excluding hydrogens is 617 g/mol. The van der Waals surface area contributed by atoms with E-state index in [4.69, 9.17) is 6.58 Å². The van der Waals surface area contributed by atoms with Gasteiger partial charge in [-0.15, -0.1) is 0 Å². The summed E-state index contributed by atoms with van der Waals surface area (Å²) in [5, 5.41) is 3.25. The van der Waals surface area contributed by atoms with E-state index in [1.807, 2.05) is 20.9 Å². The maximum absolute atomic E-state index is 4.88. The van der Waals surface area contributed by atoms with E-state index in [1.54, 1.807) is 44.5 Å². The van der Waals surface area contributed by atoms with Crippen molar-refractivity contribution in [1.29, 1.82) is 0 Å². The minimum atomic E-state index is -0.215. The molecule has 1 N–H and O–H groups in total. The molecule has 3 aliphatic carbocycles. The van der Waals surface area contributed by atoms with Crippen LogP contribution in [0.5, 0.6) is 0 Å². The number of rotatable bonds is 8. The van der Waals surface area contributed by atoms with Gasteiger partial charge in [-0.05, 0) is 199 Å². The van der Waals surface area contributed by atoms with Crippen LogP contribution in [0, 0.1) is 33.1 Å². The molecule has 1 heterocycles. The maximum Gasteiger partial charge on any atom is 0.0506 e. The molecule has 1 aliphatic heterocycles. The first kappa shape index (κ1) is 37.2. The summed E-state index contributed by atoms with van der Waals surface area (Å²) in [6, 6.07) is 8.04. The topological polar surface area (TPSA) is 15.3 Å². The van der Waals surface area contributed by atoms with Crippen molar-refractivity contribution in [2.45, 2.75) is 139 Å². The lowest BCUT2D eigenvalue weighted by atomic mass is 9.59. The number of aryl methyl sites for hydroxylation is 1. The number of allylic oxidation sites excluding steroid dienone is 4. The molecule has 3 aromatic carbocycles. The quantitative estimate of drug-likeness (QED) is 0.254. The Balaban J connectivity index is 0.00000220. The third kappa shape index (κ3) is 6.03. The normalized spacial score (nSPS) is 19.3. The molecule has 0 amide bonds. The predicted octanol–water partition coefficient (Wildman–Crippen LogP) is 12.2. The molecular formula is C49H66N2. The molecule has 1 atom stereocenters. The van der Waals surface area contributed by atoms with Crippen molar-refractivity contribution in [3.8, 4) is 0 Å². The van der Waals surface area contributed by atoms with Crippen molar-refractivity contribution in [3.05, 3.63) is 121 Å². The first-order valence-electron chi connectivity index (χ1n) is 20.3. The van der Waals surface area contributed by atoms with E-state index in [2.05, 4.69) is 96.5 Å². The van der Waals surface area contributed by atoms with Crippen LogP contribution < -0.4 is 10.2 Å². The second kappa shape index (κ2) is 14.1. The summed E-state index contributed by atoms with van der Waals surface area (Å²) in [5.74, 6) is 0. The molecule has 0 saturated heterocycles. The van der Waals surface area contributed by atoms with Gasteiger partial charge in [0.1, 0.15) is 0 Å². The van der Waals surface area contributed by atoms with Gasteiger partial charge < -0.3 is 10.2 Å². The number of nitrogens with one attached hydrogen (secondary N) is 1. The summed E-state index contributed by atoms with van der Waals surface area (Å²) in [6.45, 7) is 34.4. The van der Waals surface area contributed by atoms with Crippen molar-refractivity contribution >= 4 is 16.8 Å². The van der Waals surface area contributed by atoms with Gasteiger partial charge in [-0.2, -0.15) is 0 Å². The Kier molecular flexibility index (Phi) is 10.3. The van der Waals surface area contributed by atoms with Gasteiger partial charge in [-0.25, -0.2) is 0 Å². The molecule has 2 nitrogen and oxygen atoms in total. The summed E-state index contributed by atoms with van der Waals surface area (Å²) in [7, 11) is 1.99. The van der Waals surface area contributed by atoms with Crippen molar-refractivity contribution in [2.24, 2.45) is 5.41 Å². The first-order chi connectivity index (χ1) is 24.3. The van der Waals surface area contributed by atoms with Crippen LogP contribution in [0.25, 0.3) is 11.1 Å². The average Bonchev–Trinajstić information content (AvgIpc) is 3.41. The Labute approximate surface area is 311 Å². The van der Waals surface area contributed by atoms with E-state index >= 15 is 0 Å². The van der Waals surface area contributed by atoms with E-state index in [1.165, 1.54) is 75.9 Å². The second-order valence-corrected chi connectivity index (χ2v) is 16.8. The van der Waals surface area contributed by atoms with Crippen LogP contribution in [0.1, 0.15) is 158 Å². The van der Waals surface area contributed by atoms with Crippen LogP contribution in [0.3, 0.4) is 0 Å². The fourth-order valence-corrected chi connectivity index (χ4v) is 10.5. The van der Waals surface area contributed by atoms with Crippen LogP contribution in [-0.2, 0) is 31.1 Å². The summed E-state index contributed by atoms with van der Waals surface area (Å²) in [6.07, 6.45) is 13.8. The molecule has 4 aliphatic rings. The van der Waals surface area contributed by atoms with Crippen molar-refractivity contribution in [3.63, 3.8) is 0 Å². The van der Waals surface area contributed by atoms with Crippen LogP contribution >= 0.6 is 0 Å². The summed E-state index contributed by atoms with van der Waals surface area (Å²) < 4.78 is 0. The summed E-state index contributed by atoms with van der Waals surface area (Å²) in [5.41, 5.74) is 26.8. The van der Waals surface area contributed by atoms with Gasteiger partial charge in [-0.1, -0.05) is 66.3 Å². The lowest BCUT2D eigenvalue weighted by Crippen LogP contribution is -2.37. The van der Waals surface area contributed by atoms with E-state index in [0.29, 0.717) is 0 Å². The third-order valence-corrected chi connectivity index (χ3v) is 13.1. The number of hydrogen-bond acceptors (Lipinski definition) is 2. The zero-order chi connectivity index (χ0) is 37.0. The van der Waals surface area contributed by atoms with Gasteiger partial charge >= 0.3 is 0 Å². The molecule has 0 bridgehead atoms. The van der Waals surface area contributed by atoms with Crippen molar-refractivity contribution in [1.82, 2.24) is 5.32 Å². The lowest BCUT2D eigenvalue weighted by molar-refractivity contribution is 0.468. The highest BCUT2D eigenvalue weighted by Crippen LogP contribution is 2.61. The molecule has 1 spiro atoms. The minimum absolute atomic E-state index is 0.172. The van der Waals surface area contributed by atoms with Crippen LogP contribution in [0.2, 0.25) is 0 Å². The smallest absolute Gasteiger partial charge is 0.0506 e. The van der Waals surface area contributed by atoms with Gasteiger partial charge in [0.15, 0.2) is 0 Å². The lowest BCUT2D eigenvalue weighted by Gasteiger charge is -2.44. The monoisotopic (exact) mass is 683 g/mol. The molecule has 0 saturated carbocycles. The molecule has 3 aromatic rings. The Morgan fingerprint density at radius 1 is 0.882 bits per heavy atom. The van der Waals surface area contributed by atoms with E-state index in [0.717, 1.165) is 57.3 Å². The molecule has 2 heteroatoms. The fourth-order valence-electron chi connectivity index (χ4n) is 10.5. The Hall–Kier alpha value is -3.52. The third-order valence-electron chi connectivity index (χ3n) is 13.1. The van der Waals surface area contributed by atoms with Gasteiger partial charge in [0, 0.05) is 31.5 Å². The number of benzene rings is 3. The fraction of sp³-hybridized carbons (Fsp3) is 0.510. The van der Waals surface area contributed by atoms with E-state index < -0.39 is 0 Å². The standard InChI is InChI=1S/C47H60N2.C2H6/c1-12-13-18-37-39-21-36-23-43-35(17-15-20-49(43)19-14-16-30(4)48-11)22-41(36)47(42(39)24-38-28(2)25-46(9,10)27-40(37)38)26-29(3)44-33(7)31(5)32(6)34(8)45(44)47;1-2/h22-25,48H,3-4,12-21,26-27H2,1-2,5-11H3;1-2H3. The number of anilines is 1. The van der Waals surface area contributed by atoms with Gasteiger partial charge in [-0.3, -0.25) is 0 Å². The highest BCUT2D eigenvalue weighted by atomic mass is 15.1. The summed E-state index contributed by atoms with van der Waals surface area (Å²) >= 11 is 0. The zero-order valence-corrected chi connectivity index (χ0v) is 34.2. The SMILES string of the molecule is C=C(CCCN1CCCc2cc3c(cc21)Cc1c(cc2c(c1CCCC)CC(C)(C)C=C2C)C31CC(=C)c2c(C)c(C)c(C)c(C)c21)NC.CC. The zero-order valence-electron chi connectivity index (χ0n) is 34.2. The number of fused-ring (bicyclic) bond motifs is 8. The molecule has 51 heavy (non-hydrogen) atoms. The molecule has 0 fully saturated rings. The minimum Gasteiger partial charge on any atom is -0.392 e. The van der Waals surface area contributed by atoms with E-state index in [9.17, 15) is 0 Å². The number of unbranched alkanes of at least 4 members (excludes halogenated alkanes) is 1. The highest BCUT2D eigenvalue weighted by Gasteiger charge is 2.51. The Morgan fingerprint density at radius 2 is 1.61 bits per heavy atom. The molecule has 7 rings (SSSR count). The number of nitrogens with zero attached hydrogens (tertiary/aromatic N) is 1. The van der Waals surface area contributed by atoms with E-state index in [-0.39, 0.29) is 10.8 Å². The first-order valence-corrected chi connectivity index (χ1v) is 20.3. The number of hydrogen-bond donors (Lipinski definition) is 1. The van der Waals surface area contributed by atoms with Gasteiger partial charge in [0.25, 0.3) is 0 Å². The molecule has 0 radical (unpaired) electrons. The second-order valence-electron chi connectivity index (χ2n) is 16.8. The van der Waals surface area contributed by atoms with Crippen LogP contribution in [-0.4, -0.2) is 20.1 Å².